The molecule has 5 aliphatic rings. The molecule has 4 atom stereocenters. The topological polar surface area (TPSA) is 74.8 Å². The first-order valence-electron chi connectivity index (χ1n) is 13.0. The molecule has 0 aromatic heterocycles. The van der Waals surface area contributed by atoms with Crippen LogP contribution in [0.5, 0.6) is 0 Å². The molecule has 6 nitrogen and oxygen atoms in total. The normalized spacial score (nSPS) is 30.7. The van der Waals surface area contributed by atoms with Crippen molar-refractivity contribution in [2.24, 2.45) is 0 Å². The van der Waals surface area contributed by atoms with Crippen LogP contribution in [0.15, 0.2) is 46.2 Å². The maximum atomic E-state index is 13.8. The third kappa shape index (κ3) is 3.23. The van der Waals surface area contributed by atoms with E-state index in [-0.39, 0.29) is 24.2 Å². The molecular formula is C28H30N2O4S. The number of carbonyl (C=O) groups is 2. The number of fused-ring (bicyclic) bond motifs is 7. The highest BCUT2D eigenvalue weighted by atomic mass is 32.2. The van der Waals surface area contributed by atoms with E-state index in [2.05, 4.69) is 9.80 Å². The number of rotatable bonds is 2. The predicted molar refractivity (Wildman–Crippen MR) is 134 cm³/mol. The summed E-state index contributed by atoms with van der Waals surface area (Å²) in [5.74, 6) is 0.655. The van der Waals surface area contributed by atoms with Crippen molar-refractivity contribution in [3.8, 4) is 11.1 Å². The number of sulfone groups is 1. The van der Waals surface area contributed by atoms with Gasteiger partial charge in [0, 0.05) is 72.4 Å². The second-order valence-corrected chi connectivity index (χ2v) is 12.9. The first-order chi connectivity index (χ1) is 16.9. The highest BCUT2D eigenvalue weighted by Gasteiger charge is 2.41. The van der Waals surface area contributed by atoms with Crippen molar-refractivity contribution in [1.82, 2.24) is 0 Å². The Balaban J connectivity index is 1.27. The number of piperidine rings is 4. The number of hydrogen-bond donors (Lipinski definition) is 0. The quantitative estimate of drug-likeness (QED) is 0.519. The summed E-state index contributed by atoms with van der Waals surface area (Å²) in [6.45, 7) is 0. The summed E-state index contributed by atoms with van der Waals surface area (Å²) in [5, 5.41) is 0. The Morgan fingerprint density at radius 1 is 0.600 bits per heavy atom. The van der Waals surface area contributed by atoms with Gasteiger partial charge in [-0.2, -0.15) is 0 Å². The molecule has 4 fully saturated rings. The third-order valence-corrected chi connectivity index (χ3v) is 10.8. The molecule has 7 heteroatoms. The van der Waals surface area contributed by atoms with E-state index in [0.29, 0.717) is 47.0 Å². The SMILES string of the molecule is O=C1C[C@H]2CCC[C@@H](C1)N2c1ccc2c(c1)S(=O)(=O)c1cc(N3[C@@H]4CCC[C@H]3CC(=O)C4)ccc1-2. The van der Waals surface area contributed by atoms with Crippen molar-refractivity contribution in [3.63, 3.8) is 0 Å². The summed E-state index contributed by atoms with van der Waals surface area (Å²) in [4.78, 5) is 29.8. The van der Waals surface area contributed by atoms with Crippen molar-refractivity contribution in [3.05, 3.63) is 36.4 Å². The average molecular weight is 491 g/mol. The molecule has 5 aliphatic heterocycles. The summed E-state index contributed by atoms with van der Waals surface area (Å²) < 4.78 is 27.6. The van der Waals surface area contributed by atoms with Gasteiger partial charge in [0.05, 0.1) is 9.79 Å². The fraction of sp³-hybridized carbons (Fsp3) is 0.500. The smallest absolute Gasteiger partial charge is 0.207 e. The molecule has 0 unspecified atom stereocenters. The minimum atomic E-state index is -3.64. The van der Waals surface area contributed by atoms with E-state index >= 15 is 0 Å². The molecule has 4 saturated heterocycles. The van der Waals surface area contributed by atoms with Crippen LogP contribution in [-0.4, -0.2) is 44.2 Å². The maximum absolute atomic E-state index is 13.8. The van der Waals surface area contributed by atoms with Crippen LogP contribution in [0.2, 0.25) is 0 Å². The van der Waals surface area contributed by atoms with Crippen LogP contribution in [0, 0.1) is 0 Å². The fourth-order valence-electron chi connectivity index (χ4n) is 7.55. The highest BCUT2D eigenvalue weighted by Crippen LogP contribution is 2.48. The molecule has 4 bridgehead atoms. The molecule has 0 saturated carbocycles. The fourth-order valence-corrected chi connectivity index (χ4v) is 9.27. The zero-order valence-electron chi connectivity index (χ0n) is 19.8. The minimum absolute atomic E-state index is 0.173. The molecule has 0 radical (unpaired) electrons. The monoisotopic (exact) mass is 490 g/mol. The molecule has 35 heavy (non-hydrogen) atoms. The van der Waals surface area contributed by atoms with Gasteiger partial charge < -0.3 is 9.80 Å². The van der Waals surface area contributed by atoms with Gasteiger partial charge in [0.2, 0.25) is 9.84 Å². The molecule has 0 N–H and O–H groups in total. The lowest BCUT2D eigenvalue weighted by molar-refractivity contribution is -0.122. The first kappa shape index (κ1) is 21.6. The number of ketones is 2. The van der Waals surface area contributed by atoms with Gasteiger partial charge >= 0.3 is 0 Å². The molecule has 5 heterocycles. The van der Waals surface area contributed by atoms with E-state index in [1.807, 2.05) is 36.4 Å². The Morgan fingerprint density at radius 3 is 1.34 bits per heavy atom. The van der Waals surface area contributed by atoms with Crippen molar-refractivity contribution >= 4 is 32.8 Å². The van der Waals surface area contributed by atoms with Crippen LogP contribution in [0.25, 0.3) is 11.1 Å². The van der Waals surface area contributed by atoms with Gasteiger partial charge in [-0.3, -0.25) is 9.59 Å². The maximum Gasteiger partial charge on any atom is 0.207 e. The number of Topliss-reactive ketones (excluding diaryl/α,β-unsaturated/α-hetero) is 2. The van der Waals surface area contributed by atoms with Crippen molar-refractivity contribution in [2.75, 3.05) is 9.80 Å². The van der Waals surface area contributed by atoms with Crippen LogP contribution < -0.4 is 9.80 Å². The molecular weight excluding hydrogens is 460 g/mol. The third-order valence-electron chi connectivity index (χ3n) is 8.97. The van der Waals surface area contributed by atoms with Gasteiger partial charge in [0.25, 0.3) is 0 Å². The van der Waals surface area contributed by atoms with E-state index in [1.54, 1.807) is 0 Å². The molecule has 2 aromatic carbocycles. The highest BCUT2D eigenvalue weighted by molar-refractivity contribution is 7.92. The van der Waals surface area contributed by atoms with E-state index in [9.17, 15) is 18.0 Å². The number of carbonyl (C=O) groups excluding carboxylic acids is 2. The number of hydrogen-bond acceptors (Lipinski definition) is 6. The number of nitrogens with zero attached hydrogens (tertiary/aromatic N) is 2. The Hall–Kier alpha value is -2.67. The summed E-state index contributed by atoms with van der Waals surface area (Å²) in [5.41, 5.74) is 3.38. The van der Waals surface area contributed by atoms with E-state index in [0.717, 1.165) is 61.0 Å². The standard InChI is InChI=1S/C28H30N2O4S/c31-23-11-17-3-1-4-18(12-23)29(17)21-7-9-25-26-10-8-22(16-28(26)35(33,34)27(25)15-21)30-19-5-2-6-20(30)14-24(32)13-19/h7-10,15-20H,1-6,11-14H2/t17-,18+,19-,20+. The summed E-state index contributed by atoms with van der Waals surface area (Å²) in [7, 11) is -3.64. The second-order valence-electron chi connectivity index (χ2n) is 11.0. The molecule has 0 spiro atoms. The minimum Gasteiger partial charge on any atom is -0.365 e. The van der Waals surface area contributed by atoms with Gasteiger partial charge in [-0.25, -0.2) is 8.42 Å². The lowest BCUT2D eigenvalue weighted by atomic mass is 9.83. The zero-order valence-corrected chi connectivity index (χ0v) is 20.6. The van der Waals surface area contributed by atoms with Crippen molar-refractivity contribution < 1.29 is 18.0 Å². The molecule has 0 amide bonds. The van der Waals surface area contributed by atoms with Crippen molar-refractivity contribution in [1.29, 1.82) is 0 Å². The lowest BCUT2D eigenvalue weighted by Gasteiger charge is -2.47. The predicted octanol–water partition coefficient (Wildman–Crippen LogP) is 4.68. The zero-order chi connectivity index (χ0) is 23.9. The Bertz CT molecular complexity index is 1240. The largest absolute Gasteiger partial charge is 0.365 e. The summed E-state index contributed by atoms with van der Waals surface area (Å²) in [6.07, 6.45) is 8.42. The molecule has 0 aliphatic carbocycles. The van der Waals surface area contributed by atoms with Gasteiger partial charge in [0.1, 0.15) is 11.6 Å². The van der Waals surface area contributed by atoms with Crippen molar-refractivity contribution in [2.45, 2.75) is 98.2 Å². The van der Waals surface area contributed by atoms with Gasteiger partial charge in [-0.05, 0) is 62.8 Å². The Kier molecular flexibility index (Phi) is 4.73. The lowest BCUT2D eigenvalue weighted by Crippen LogP contribution is -2.52. The summed E-state index contributed by atoms with van der Waals surface area (Å²) >= 11 is 0. The van der Waals surface area contributed by atoms with Crippen LogP contribution in [0.1, 0.15) is 64.2 Å². The molecule has 7 rings (SSSR count). The Labute approximate surface area is 206 Å². The van der Waals surface area contributed by atoms with E-state index in [1.165, 1.54) is 0 Å². The number of anilines is 2. The van der Waals surface area contributed by atoms with Gasteiger partial charge in [-0.1, -0.05) is 12.1 Å². The van der Waals surface area contributed by atoms with Crippen LogP contribution in [0.3, 0.4) is 0 Å². The molecule has 2 aromatic rings. The second kappa shape index (κ2) is 7.66. The van der Waals surface area contributed by atoms with Crippen LogP contribution in [0.4, 0.5) is 11.4 Å². The van der Waals surface area contributed by atoms with Gasteiger partial charge in [-0.15, -0.1) is 0 Å². The summed E-state index contributed by atoms with van der Waals surface area (Å²) in [6, 6.07) is 12.4. The van der Waals surface area contributed by atoms with Crippen LogP contribution >= 0.6 is 0 Å². The van der Waals surface area contributed by atoms with E-state index < -0.39 is 9.84 Å². The Morgan fingerprint density at radius 2 is 0.971 bits per heavy atom. The molecule has 182 valence electrons. The first-order valence-corrected chi connectivity index (χ1v) is 14.5. The van der Waals surface area contributed by atoms with E-state index in [4.69, 9.17) is 0 Å². The average Bonchev–Trinajstić information content (AvgIpc) is 3.04. The van der Waals surface area contributed by atoms with Gasteiger partial charge in [0.15, 0.2) is 0 Å². The number of benzene rings is 2. The van der Waals surface area contributed by atoms with Crippen LogP contribution in [-0.2, 0) is 19.4 Å².